The summed E-state index contributed by atoms with van der Waals surface area (Å²) in [5.41, 5.74) is 0. The van der Waals surface area contributed by atoms with Crippen LogP contribution in [0.15, 0.2) is 96.4 Å². The molecular weight excluding hydrogens is 368 g/mol. The summed E-state index contributed by atoms with van der Waals surface area (Å²) in [6.45, 7) is 0. The van der Waals surface area contributed by atoms with Crippen molar-refractivity contribution in [1.29, 1.82) is 0 Å². The summed E-state index contributed by atoms with van der Waals surface area (Å²) in [6, 6.07) is 33.7. The molecule has 7 aromatic rings. The number of hydrogen-bond acceptors (Lipinski definition) is 1. The topological polar surface area (TPSA) is 0 Å². The van der Waals surface area contributed by atoms with Gasteiger partial charge >= 0.3 is 0 Å². The molecule has 0 saturated carbocycles. The fourth-order valence-corrected chi connectivity index (χ4v) is 5.87. The Labute approximate surface area is 171 Å². The zero-order chi connectivity index (χ0) is 18.9. The average Bonchev–Trinajstić information content (AvgIpc) is 3.27. The molecule has 1 aromatic heterocycles. The molecule has 1 heteroatoms. The van der Waals surface area contributed by atoms with Crippen LogP contribution in [0.5, 0.6) is 0 Å². The van der Waals surface area contributed by atoms with Crippen molar-refractivity contribution in [3.8, 4) is 0 Å². The zero-order valence-electron chi connectivity index (χ0n) is 15.6. The van der Waals surface area contributed by atoms with Gasteiger partial charge in [0.05, 0.1) is 0 Å². The van der Waals surface area contributed by atoms with Crippen LogP contribution < -0.4 is 0 Å². The molecule has 0 radical (unpaired) electrons. The molecule has 0 saturated heterocycles. The van der Waals surface area contributed by atoms with Gasteiger partial charge in [0.25, 0.3) is 0 Å². The Bertz CT molecular complexity index is 1750. The first kappa shape index (κ1) is 15.5. The minimum absolute atomic E-state index is 1.30. The highest BCUT2D eigenvalue weighted by atomic mass is 32.1. The molecule has 0 unspecified atom stereocenters. The van der Waals surface area contributed by atoms with Crippen molar-refractivity contribution < 1.29 is 0 Å². The third kappa shape index (κ3) is 1.98. The van der Waals surface area contributed by atoms with Gasteiger partial charge in [-0.1, -0.05) is 78.9 Å². The summed E-state index contributed by atoms with van der Waals surface area (Å²) in [6.07, 6.45) is 0. The molecular formula is C28H16S. The van der Waals surface area contributed by atoms with Crippen molar-refractivity contribution in [3.63, 3.8) is 0 Å². The molecule has 1 heterocycles. The number of benzene rings is 6. The number of rotatable bonds is 0. The van der Waals surface area contributed by atoms with Crippen LogP contribution in [-0.2, 0) is 0 Å². The summed E-state index contributed by atoms with van der Waals surface area (Å²) in [5, 5.41) is 17.0. The molecule has 0 aliphatic rings. The van der Waals surface area contributed by atoms with E-state index in [-0.39, 0.29) is 0 Å². The van der Waals surface area contributed by atoms with Crippen LogP contribution in [0.2, 0.25) is 0 Å². The minimum atomic E-state index is 1.30. The summed E-state index contributed by atoms with van der Waals surface area (Å²) < 4.78 is 1.35. The van der Waals surface area contributed by atoms with E-state index < -0.39 is 0 Å². The lowest BCUT2D eigenvalue weighted by Crippen LogP contribution is -1.86. The largest absolute Gasteiger partial charge is 0.144 e. The lowest BCUT2D eigenvalue weighted by molar-refractivity contribution is 1.79. The third-order valence-corrected chi connectivity index (χ3v) is 7.20. The molecule has 0 amide bonds. The highest BCUT2D eigenvalue weighted by Gasteiger charge is 2.14. The monoisotopic (exact) mass is 384 g/mol. The molecule has 0 nitrogen and oxygen atoms in total. The van der Waals surface area contributed by atoms with Gasteiger partial charge in [-0.05, 0) is 71.4 Å². The smallest absolute Gasteiger partial charge is 0.0349 e. The van der Waals surface area contributed by atoms with Gasteiger partial charge < -0.3 is 0 Å². The Morgan fingerprint density at radius 2 is 0.931 bits per heavy atom. The Morgan fingerprint density at radius 1 is 0.379 bits per heavy atom. The molecule has 0 fully saturated rings. The van der Waals surface area contributed by atoms with E-state index in [9.17, 15) is 0 Å². The lowest BCUT2D eigenvalue weighted by Gasteiger charge is -2.14. The van der Waals surface area contributed by atoms with E-state index in [0.29, 0.717) is 0 Å². The van der Waals surface area contributed by atoms with Gasteiger partial charge in [-0.25, -0.2) is 0 Å². The Morgan fingerprint density at radius 3 is 1.72 bits per heavy atom. The number of thiophene rings is 1. The molecule has 0 bridgehead atoms. The van der Waals surface area contributed by atoms with Gasteiger partial charge in [0.1, 0.15) is 0 Å². The van der Waals surface area contributed by atoms with Gasteiger partial charge in [0.15, 0.2) is 0 Å². The molecule has 6 aromatic carbocycles. The molecule has 0 aliphatic heterocycles. The molecule has 0 spiro atoms. The second-order valence-corrected chi connectivity index (χ2v) is 8.68. The van der Waals surface area contributed by atoms with Crippen LogP contribution in [0.4, 0.5) is 0 Å². The average molecular weight is 385 g/mol. The fourth-order valence-electron chi connectivity index (χ4n) is 5.07. The zero-order valence-corrected chi connectivity index (χ0v) is 16.5. The normalized spacial score (nSPS) is 12.1. The van der Waals surface area contributed by atoms with Crippen LogP contribution in [0.25, 0.3) is 63.9 Å². The fraction of sp³-hybridized carbons (Fsp3) is 0. The van der Waals surface area contributed by atoms with Crippen molar-refractivity contribution in [3.05, 3.63) is 96.4 Å². The van der Waals surface area contributed by atoms with Crippen LogP contribution in [-0.4, -0.2) is 0 Å². The molecule has 0 N–H and O–H groups in total. The van der Waals surface area contributed by atoms with Crippen molar-refractivity contribution in [2.45, 2.75) is 0 Å². The standard InChI is InChI=1S/C28H16S/c1-2-6-18-17(5-1)9-10-22-21(18)11-12-23-19-7-3-4-8-20(19)24-13-14-26-25(15-16-29-26)28(24)27(22)23/h1-16H. The second-order valence-electron chi connectivity index (χ2n) is 7.74. The minimum Gasteiger partial charge on any atom is -0.144 e. The van der Waals surface area contributed by atoms with Crippen molar-refractivity contribution in [2.24, 2.45) is 0 Å². The molecule has 7 rings (SSSR count). The molecule has 29 heavy (non-hydrogen) atoms. The van der Waals surface area contributed by atoms with E-state index in [2.05, 4.69) is 96.4 Å². The SMILES string of the molecule is c1ccc2c(c1)ccc1c2ccc2c3ccccc3c3ccc4sccc4c3c12. The number of fused-ring (bicyclic) bond motifs is 12. The predicted molar refractivity (Wildman–Crippen MR) is 129 cm³/mol. The van der Waals surface area contributed by atoms with E-state index in [1.54, 1.807) is 0 Å². The van der Waals surface area contributed by atoms with Gasteiger partial charge in [-0.3, -0.25) is 0 Å². The van der Waals surface area contributed by atoms with Crippen molar-refractivity contribution in [2.75, 3.05) is 0 Å². The third-order valence-electron chi connectivity index (χ3n) is 6.32. The van der Waals surface area contributed by atoms with E-state index in [1.165, 1.54) is 63.9 Å². The van der Waals surface area contributed by atoms with Crippen molar-refractivity contribution in [1.82, 2.24) is 0 Å². The van der Waals surface area contributed by atoms with Gasteiger partial charge in [-0.2, -0.15) is 0 Å². The summed E-state index contributed by atoms with van der Waals surface area (Å²) >= 11 is 1.82. The highest BCUT2D eigenvalue weighted by molar-refractivity contribution is 7.17. The van der Waals surface area contributed by atoms with E-state index in [1.807, 2.05) is 11.3 Å². The van der Waals surface area contributed by atoms with Crippen LogP contribution >= 0.6 is 11.3 Å². The number of hydrogen-bond donors (Lipinski definition) is 0. The molecule has 0 aliphatic carbocycles. The highest BCUT2D eigenvalue weighted by Crippen LogP contribution is 2.43. The van der Waals surface area contributed by atoms with Gasteiger partial charge in [-0.15, -0.1) is 11.3 Å². The first-order valence-electron chi connectivity index (χ1n) is 9.95. The maximum Gasteiger partial charge on any atom is 0.0349 e. The van der Waals surface area contributed by atoms with Gasteiger partial charge in [0.2, 0.25) is 0 Å². The Balaban J connectivity index is 1.89. The predicted octanol–water partition coefficient (Wildman–Crippen LogP) is 8.67. The Kier molecular flexibility index (Phi) is 2.97. The van der Waals surface area contributed by atoms with Crippen LogP contribution in [0.1, 0.15) is 0 Å². The first-order chi connectivity index (χ1) is 14.4. The second kappa shape index (κ2) is 5.56. The molecule has 0 atom stereocenters. The maximum absolute atomic E-state index is 2.33. The quantitative estimate of drug-likeness (QED) is 0.229. The van der Waals surface area contributed by atoms with Crippen molar-refractivity contribution >= 4 is 75.3 Å². The van der Waals surface area contributed by atoms with E-state index in [0.717, 1.165) is 0 Å². The Hall–Kier alpha value is -3.42. The van der Waals surface area contributed by atoms with E-state index >= 15 is 0 Å². The van der Waals surface area contributed by atoms with E-state index in [4.69, 9.17) is 0 Å². The molecule has 134 valence electrons. The van der Waals surface area contributed by atoms with Crippen LogP contribution in [0, 0.1) is 0 Å². The summed E-state index contributed by atoms with van der Waals surface area (Å²) in [5.74, 6) is 0. The maximum atomic E-state index is 2.33. The van der Waals surface area contributed by atoms with Crippen LogP contribution in [0.3, 0.4) is 0 Å². The summed E-state index contributed by atoms with van der Waals surface area (Å²) in [4.78, 5) is 0. The van der Waals surface area contributed by atoms with Gasteiger partial charge in [0, 0.05) is 10.1 Å². The first-order valence-corrected chi connectivity index (χ1v) is 10.8. The summed E-state index contributed by atoms with van der Waals surface area (Å²) in [7, 11) is 0. The lowest BCUT2D eigenvalue weighted by atomic mass is 9.89.